The van der Waals surface area contributed by atoms with E-state index in [1.807, 2.05) is 32.0 Å². The van der Waals surface area contributed by atoms with Crippen LogP contribution in [0.2, 0.25) is 0 Å². The molecule has 0 saturated carbocycles. The van der Waals surface area contributed by atoms with Crippen molar-refractivity contribution in [2.24, 2.45) is 0 Å². The Kier molecular flexibility index (Phi) is 5.96. The molecule has 0 bridgehead atoms. The molecule has 9 nitrogen and oxygen atoms in total. The van der Waals surface area contributed by atoms with Crippen LogP contribution >= 0.6 is 0 Å². The molecule has 1 aliphatic carbocycles. The van der Waals surface area contributed by atoms with E-state index in [-0.39, 0.29) is 24.0 Å². The number of benzene rings is 2. The largest absolute Gasteiger partial charge is 0.490 e. The third kappa shape index (κ3) is 4.09. The molecule has 3 aromatic rings. The number of rotatable bonds is 6. The molecule has 1 aliphatic heterocycles. The number of fused-ring (bicyclic) bond motifs is 2. The van der Waals surface area contributed by atoms with Crippen LogP contribution in [0.25, 0.3) is 22.8 Å². The second-order valence-corrected chi connectivity index (χ2v) is 9.53. The van der Waals surface area contributed by atoms with Gasteiger partial charge in [-0.25, -0.2) is 0 Å². The maximum Gasteiger partial charge on any atom is 0.325 e. The maximum atomic E-state index is 12.7. The molecule has 1 saturated heterocycles. The standard InChI is InChI=1S/C27H26N4O5/c1-16(2)35-22-8-7-17(11-18(22)13-28)26-29-25(30-36-26)20-5-4-6-21-19(20)9-10-27(21)12-23(32)31(15-27)14-24(33)34-3/h4-8,11,16H,9-10,12,14-15H2,1-3H3. The van der Waals surface area contributed by atoms with Crippen LogP contribution < -0.4 is 4.74 Å². The topological polar surface area (TPSA) is 119 Å². The van der Waals surface area contributed by atoms with Gasteiger partial charge in [-0.05, 0) is 56.0 Å². The number of nitrogens with zero attached hydrogens (tertiary/aromatic N) is 4. The highest BCUT2D eigenvalue weighted by Crippen LogP contribution is 2.48. The predicted molar refractivity (Wildman–Crippen MR) is 129 cm³/mol. The van der Waals surface area contributed by atoms with Crippen LogP contribution in [0.4, 0.5) is 0 Å². The molecule has 1 fully saturated rings. The lowest BCUT2D eigenvalue weighted by Gasteiger charge is -2.24. The fourth-order valence-electron chi connectivity index (χ4n) is 5.24. The number of aromatic nitrogens is 2. The molecule has 1 aromatic heterocycles. The van der Waals surface area contributed by atoms with Gasteiger partial charge in [-0.3, -0.25) is 9.59 Å². The molecule has 0 radical (unpaired) electrons. The van der Waals surface area contributed by atoms with Crippen molar-refractivity contribution in [3.05, 3.63) is 53.1 Å². The van der Waals surface area contributed by atoms with Crippen LogP contribution in [0.1, 0.15) is 43.4 Å². The summed E-state index contributed by atoms with van der Waals surface area (Å²) < 4.78 is 16.0. The molecule has 5 rings (SSSR count). The first-order valence-corrected chi connectivity index (χ1v) is 11.9. The number of ether oxygens (including phenoxy) is 2. The van der Waals surface area contributed by atoms with Gasteiger partial charge in [0.15, 0.2) is 0 Å². The Hall–Kier alpha value is -4.19. The minimum absolute atomic E-state index is 0.0357. The zero-order chi connectivity index (χ0) is 25.4. The zero-order valence-electron chi connectivity index (χ0n) is 20.4. The number of carbonyl (C=O) groups excluding carboxylic acids is 2. The molecular weight excluding hydrogens is 460 g/mol. The van der Waals surface area contributed by atoms with Crippen LogP contribution in [0, 0.1) is 11.3 Å². The molecule has 1 spiro atoms. The van der Waals surface area contributed by atoms with Crippen LogP contribution in [0.5, 0.6) is 5.75 Å². The second-order valence-electron chi connectivity index (χ2n) is 9.53. The second kappa shape index (κ2) is 9.11. The summed E-state index contributed by atoms with van der Waals surface area (Å²) in [7, 11) is 1.32. The fraction of sp³-hybridized carbons (Fsp3) is 0.370. The smallest absolute Gasteiger partial charge is 0.325 e. The molecule has 0 N–H and O–H groups in total. The van der Waals surface area contributed by atoms with E-state index >= 15 is 0 Å². The van der Waals surface area contributed by atoms with Crippen LogP contribution in [0.3, 0.4) is 0 Å². The maximum absolute atomic E-state index is 12.7. The highest BCUT2D eigenvalue weighted by atomic mass is 16.5. The summed E-state index contributed by atoms with van der Waals surface area (Å²) in [5.74, 6) is 0.808. The van der Waals surface area contributed by atoms with Gasteiger partial charge in [0, 0.05) is 29.5 Å². The van der Waals surface area contributed by atoms with Gasteiger partial charge < -0.3 is 18.9 Å². The zero-order valence-corrected chi connectivity index (χ0v) is 20.4. The summed E-state index contributed by atoms with van der Waals surface area (Å²) in [5.41, 5.74) is 3.73. The molecule has 1 atom stereocenters. The van der Waals surface area contributed by atoms with Gasteiger partial charge in [0.2, 0.25) is 11.7 Å². The van der Waals surface area contributed by atoms with Gasteiger partial charge in [-0.2, -0.15) is 10.2 Å². The summed E-state index contributed by atoms with van der Waals surface area (Å²) in [6, 6.07) is 13.3. The minimum atomic E-state index is -0.421. The normalized spacial score (nSPS) is 18.5. The number of likely N-dealkylation sites (tertiary alicyclic amines) is 1. The lowest BCUT2D eigenvalue weighted by atomic mass is 9.80. The van der Waals surface area contributed by atoms with E-state index < -0.39 is 5.97 Å². The number of hydrogen-bond acceptors (Lipinski definition) is 8. The van der Waals surface area contributed by atoms with Crippen molar-refractivity contribution in [3.8, 4) is 34.7 Å². The monoisotopic (exact) mass is 486 g/mol. The Morgan fingerprint density at radius 1 is 1.31 bits per heavy atom. The molecule has 36 heavy (non-hydrogen) atoms. The molecule has 2 aromatic carbocycles. The van der Waals surface area contributed by atoms with Crippen LogP contribution in [-0.4, -0.2) is 53.2 Å². The van der Waals surface area contributed by atoms with E-state index in [1.54, 1.807) is 23.1 Å². The fourth-order valence-corrected chi connectivity index (χ4v) is 5.24. The van der Waals surface area contributed by atoms with Crippen molar-refractivity contribution in [1.82, 2.24) is 15.0 Å². The van der Waals surface area contributed by atoms with E-state index in [0.29, 0.717) is 41.6 Å². The first kappa shape index (κ1) is 23.5. The van der Waals surface area contributed by atoms with Gasteiger partial charge in [0.25, 0.3) is 5.89 Å². The summed E-state index contributed by atoms with van der Waals surface area (Å²) in [6.45, 7) is 4.25. The number of esters is 1. The predicted octanol–water partition coefficient (Wildman–Crippen LogP) is 3.65. The Labute approximate surface area is 208 Å². The Morgan fingerprint density at radius 3 is 2.89 bits per heavy atom. The summed E-state index contributed by atoms with van der Waals surface area (Å²) in [6.07, 6.45) is 1.88. The van der Waals surface area contributed by atoms with Gasteiger partial charge >= 0.3 is 5.97 Å². The number of methoxy groups -OCH3 is 1. The van der Waals surface area contributed by atoms with Crippen molar-refractivity contribution in [3.63, 3.8) is 0 Å². The van der Waals surface area contributed by atoms with E-state index in [1.165, 1.54) is 7.11 Å². The van der Waals surface area contributed by atoms with Gasteiger partial charge in [-0.15, -0.1) is 0 Å². The summed E-state index contributed by atoms with van der Waals surface area (Å²) in [4.78, 5) is 30.7. The number of carbonyl (C=O) groups is 2. The number of hydrogen-bond donors (Lipinski definition) is 0. The van der Waals surface area contributed by atoms with E-state index in [4.69, 9.17) is 14.0 Å². The Morgan fingerprint density at radius 2 is 2.14 bits per heavy atom. The quantitative estimate of drug-likeness (QED) is 0.485. The highest BCUT2D eigenvalue weighted by molar-refractivity contribution is 5.86. The van der Waals surface area contributed by atoms with Crippen LogP contribution in [0.15, 0.2) is 40.9 Å². The Balaban J connectivity index is 1.44. The average molecular weight is 487 g/mol. The third-order valence-corrected chi connectivity index (χ3v) is 6.86. The van der Waals surface area contributed by atoms with Gasteiger partial charge in [0.05, 0.1) is 18.8 Å². The number of nitriles is 1. The van der Waals surface area contributed by atoms with E-state index in [2.05, 4.69) is 16.2 Å². The van der Waals surface area contributed by atoms with Crippen molar-refractivity contribution >= 4 is 11.9 Å². The van der Waals surface area contributed by atoms with E-state index in [9.17, 15) is 14.9 Å². The average Bonchev–Trinajstić information content (AvgIpc) is 3.57. The third-order valence-electron chi connectivity index (χ3n) is 6.86. The number of amides is 1. The summed E-state index contributed by atoms with van der Waals surface area (Å²) in [5, 5.41) is 13.8. The van der Waals surface area contributed by atoms with E-state index in [0.717, 1.165) is 29.5 Å². The molecule has 2 heterocycles. The molecular formula is C27H26N4O5. The van der Waals surface area contributed by atoms with Gasteiger partial charge in [-0.1, -0.05) is 23.4 Å². The van der Waals surface area contributed by atoms with Crippen LogP contribution in [-0.2, 0) is 26.2 Å². The molecule has 2 aliphatic rings. The van der Waals surface area contributed by atoms with Crippen molar-refractivity contribution in [1.29, 1.82) is 5.26 Å². The highest BCUT2D eigenvalue weighted by Gasteiger charge is 2.49. The molecule has 1 amide bonds. The first-order chi connectivity index (χ1) is 17.3. The summed E-state index contributed by atoms with van der Waals surface area (Å²) >= 11 is 0. The molecule has 184 valence electrons. The van der Waals surface area contributed by atoms with Crippen molar-refractivity contribution in [2.75, 3.05) is 20.2 Å². The molecule has 9 heteroatoms. The van der Waals surface area contributed by atoms with Crippen molar-refractivity contribution in [2.45, 2.75) is 44.6 Å². The lowest BCUT2D eigenvalue weighted by Crippen LogP contribution is -2.34. The van der Waals surface area contributed by atoms with Crippen molar-refractivity contribution < 1.29 is 23.6 Å². The lowest BCUT2D eigenvalue weighted by molar-refractivity contribution is -0.145. The SMILES string of the molecule is COC(=O)CN1CC2(CCc3c(-c4noc(-c5ccc(OC(C)C)c(C#N)c5)n4)cccc32)CC1=O. The Bertz CT molecular complexity index is 1390. The van der Waals surface area contributed by atoms with Gasteiger partial charge in [0.1, 0.15) is 18.4 Å². The first-order valence-electron chi connectivity index (χ1n) is 11.9. The minimum Gasteiger partial charge on any atom is -0.490 e. The molecule has 1 unspecified atom stereocenters.